The highest BCUT2D eigenvalue weighted by atomic mass is 16.2. The number of hydrogen-bond donors (Lipinski definition) is 1. The lowest BCUT2D eigenvalue weighted by Gasteiger charge is -2.17. The summed E-state index contributed by atoms with van der Waals surface area (Å²) in [6.07, 6.45) is 0.699. The third-order valence-corrected chi connectivity index (χ3v) is 2.37. The molecular weight excluding hydrogens is 204 g/mol. The Balaban J connectivity index is 3.01. The average Bonchev–Trinajstić information content (AvgIpc) is 2.28. The summed E-state index contributed by atoms with van der Waals surface area (Å²) in [4.78, 5) is 13.7. The molecule has 5 heteroatoms. The van der Waals surface area contributed by atoms with Crippen molar-refractivity contribution in [2.75, 3.05) is 20.1 Å². The smallest absolute Gasteiger partial charge is 0.255 e. The van der Waals surface area contributed by atoms with E-state index < -0.39 is 0 Å². The summed E-state index contributed by atoms with van der Waals surface area (Å²) in [7, 11) is 1.74. The van der Waals surface area contributed by atoms with E-state index in [1.165, 1.54) is 0 Å². The van der Waals surface area contributed by atoms with Crippen molar-refractivity contribution in [2.24, 2.45) is 5.73 Å². The van der Waals surface area contributed by atoms with E-state index in [2.05, 4.69) is 10.2 Å². The standard InChI is InChI=1S/C11H18N4O/c1-4-10-9(7-8(2)13-14-10)11(16)15(3)6-5-12/h7H,4-6,12H2,1-3H3. The topological polar surface area (TPSA) is 72.1 Å². The Morgan fingerprint density at radius 2 is 2.19 bits per heavy atom. The second-order valence-corrected chi connectivity index (χ2v) is 3.72. The Hall–Kier alpha value is -1.49. The van der Waals surface area contributed by atoms with Crippen LogP contribution in [-0.2, 0) is 6.42 Å². The lowest BCUT2D eigenvalue weighted by atomic mass is 10.1. The number of aromatic nitrogens is 2. The van der Waals surface area contributed by atoms with Crippen molar-refractivity contribution in [3.63, 3.8) is 0 Å². The van der Waals surface area contributed by atoms with E-state index >= 15 is 0 Å². The van der Waals surface area contributed by atoms with Gasteiger partial charge in [-0.2, -0.15) is 10.2 Å². The number of likely N-dealkylation sites (N-methyl/N-ethyl adjacent to an activating group) is 1. The number of carbonyl (C=O) groups excluding carboxylic acids is 1. The molecule has 0 unspecified atom stereocenters. The van der Waals surface area contributed by atoms with Gasteiger partial charge in [-0.1, -0.05) is 6.92 Å². The molecule has 0 fully saturated rings. The van der Waals surface area contributed by atoms with Crippen molar-refractivity contribution in [3.05, 3.63) is 23.0 Å². The maximum absolute atomic E-state index is 12.1. The molecular formula is C11H18N4O. The first-order chi connectivity index (χ1) is 7.60. The monoisotopic (exact) mass is 222 g/mol. The molecule has 2 N–H and O–H groups in total. The molecule has 0 aromatic carbocycles. The molecule has 1 amide bonds. The van der Waals surface area contributed by atoms with E-state index in [1.807, 2.05) is 13.8 Å². The number of hydrogen-bond acceptors (Lipinski definition) is 4. The second-order valence-electron chi connectivity index (χ2n) is 3.72. The molecule has 0 bridgehead atoms. The molecule has 1 aromatic rings. The van der Waals surface area contributed by atoms with Crippen molar-refractivity contribution in [3.8, 4) is 0 Å². The van der Waals surface area contributed by atoms with Gasteiger partial charge < -0.3 is 10.6 Å². The van der Waals surface area contributed by atoms with Gasteiger partial charge in [-0.25, -0.2) is 0 Å². The number of rotatable bonds is 4. The van der Waals surface area contributed by atoms with E-state index in [1.54, 1.807) is 18.0 Å². The molecule has 0 radical (unpaired) electrons. The summed E-state index contributed by atoms with van der Waals surface area (Å²) in [5.41, 5.74) is 7.54. The normalized spacial score (nSPS) is 10.2. The third kappa shape index (κ3) is 2.76. The Morgan fingerprint density at radius 1 is 1.50 bits per heavy atom. The van der Waals surface area contributed by atoms with Gasteiger partial charge in [0, 0.05) is 20.1 Å². The fraction of sp³-hybridized carbons (Fsp3) is 0.545. The molecule has 1 rings (SSSR count). The highest BCUT2D eigenvalue weighted by Gasteiger charge is 2.16. The number of amides is 1. The van der Waals surface area contributed by atoms with Crippen molar-refractivity contribution >= 4 is 5.91 Å². The molecule has 0 atom stereocenters. The number of aryl methyl sites for hydroxylation is 2. The van der Waals surface area contributed by atoms with Crippen LogP contribution in [0.4, 0.5) is 0 Å². The maximum Gasteiger partial charge on any atom is 0.255 e. The van der Waals surface area contributed by atoms with Crippen LogP contribution in [0.15, 0.2) is 6.07 Å². The maximum atomic E-state index is 12.1. The minimum Gasteiger partial charge on any atom is -0.340 e. The molecule has 0 aliphatic carbocycles. The van der Waals surface area contributed by atoms with E-state index in [-0.39, 0.29) is 5.91 Å². The number of carbonyl (C=O) groups is 1. The van der Waals surface area contributed by atoms with Gasteiger partial charge in [0.25, 0.3) is 5.91 Å². The van der Waals surface area contributed by atoms with Crippen LogP contribution in [0.3, 0.4) is 0 Å². The van der Waals surface area contributed by atoms with Gasteiger partial charge in [0.05, 0.1) is 17.0 Å². The Bertz CT molecular complexity index is 378. The lowest BCUT2D eigenvalue weighted by molar-refractivity contribution is 0.0797. The van der Waals surface area contributed by atoms with Gasteiger partial charge in [0.15, 0.2) is 0 Å². The quantitative estimate of drug-likeness (QED) is 0.799. The highest BCUT2D eigenvalue weighted by molar-refractivity contribution is 5.95. The summed E-state index contributed by atoms with van der Waals surface area (Å²) < 4.78 is 0. The second kappa shape index (κ2) is 5.55. The first kappa shape index (κ1) is 12.6. The van der Waals surface area contributed by atoms with Crippen LogP contribution in [0.1, 0.15) is 28.7 Å². The number of nitrogens with two attached hydrogens (primary N) is 1. The highest BCUT2D eigenvalue weighted by Crippen LogP contribution is 2.09. The molecule has 16 heavy (non-hydrogen) atoms. The van der Waals surface area contributed by atoms with E-state index in [4.69, 9.17) is 5.73 Å². The zero-order valence-corrected chi connectivity index (χ0v) is 10.0. The number of nitrogens with zero attached hydrogens (tertiary/aromatic N) is 3. The van der Waals surface area contributed by atoms with Gasteiger partial charge in [-0.05, 0) is 19.4 Å². The van der Waals surface area contributed by atoms with Gasteiger partial charge in [0.2, 0.25) is 0 Å². The van der Waals surface area contributed by atoms with Crippen molar-refractivity contribution in [2.45, 2.75) is 20.3 Å². The zero-order chi connectivity index (χ0) is 12.1. The van der Waals surface area contributed by atoms with E-state index in [0.717, 1.165) is 11.4 Å². The van der Waals surface area contributed by atoms with E-state index in [0.29, 0.717) is 25.1 Å². The first-order valence-electron chi connectivity index (χ1n) is 5.38. The van der Waals surface area contributed by atoms with Gasteiger partial charge in [0.1, 0.15) is 0 Å². The summed E-state index contributed by atoms with van der Waals surface area (Å²) in [6, 6.07) is 1.78. The first-order valence-corrected chi connectivity index (χ1v) is 5.38. The molecule has 0 saturated heterocycles. The fourth-order valence-electron chi connectivity index (χ4n) is 1.46. The summed E-state index contributed by atoms with van der Waals surface area (Å²) in [5, 5.41) is 7.98. The summed E-state index contributed by atoms with van der Waals surface area (Å²) in [6.45, 7) is 4.79. The summed E-state index contributed by atoms with van der Waals surface area (Å²) in [5.74, 6) is -0.0414. The summed E-state index contributed by atoms with van der Waals surface area (Å²) >= 11 is 0. The third-order valence-electron chi connectivity index (χ3n) is 2.37. The fourth-order valence-corrected chi connectivity index (χ4v) is 1.46. The predicted molar refractivity (Wildman–Crippen MR) is 62.2 cm³/mol. The molecule has 0 aliphatic rings. The SMILES string of the molecule is CCc1nnc(C)cc1C(=O)N(C)CCN. The van der Waals surface area contributed by atoms with Crippen LogP contribution in [-0.4, -0.2) is 41.1 Å². The molecule has 1 heterocycles. The molecule has 5 nitrogen and oxygen atoms in total. The van der Waals surface area contributed by atoms with Crippen LogP contribution < -0.4 is 5.73 Å². The predicted octanol–water partition coefficient (Wildman–Crippen LogP) is 0.378. The van der Waals surface area contributed by atoms with Gasteiger partial charge >= 0.3 is 0 Å². The van der Waals surface area contributed by atoms with Gasteiger partial charge in [-0.15, -0.1) is 0 Å². The Morgan fingerprint density at radius 3 is 2.75 bits per heavy atom. The molecule has 0 aliphatic heterocycles. The molecule has 1 aromatic heterocycles. The Kier molecular flexibility index (Phi) is 4.37. The van der Waals surface area contributed by atoms with Crippen molar-refractivity contribution in [1.82, 2.24) is 15.1 Å². The Labute approximate surface area is 95.7 Å². The minimum absolute atomic E-state index is 0.0414. The van der Waals surface area contributed by atoms with Crippen LogP contribution in [0, 0.1) is 6.92 Å². The average molecular weight is 222 g/mol. The van der Waals surface area contributed by atoms with Crippen LogP contribution in [0.25, 0.3) is 0 Å². The lowest BCUT2D eigenvalue weighted by Crippen LogP contribution is -2.32. The zero-order valence-electron chi connectivity index (χ0n) is 10.0. The van der Waals surface area contributed by atoms with Crippen LogP contribution in [0.5, 0.6) is 0 Å². The van der Waals surface area contributed by atoms with Crippen molar-refractivity contribution < 1.29 is 4.79 Å². The van der Waals surface area contributed by atoms with Crippen LogP contribution >= 0.6 is 0 Å². The van der Waals surface area contributed by atoms with Crippen molar-refractivity contribution in [1.29, 1.82) is 0 Å². The molecule has 0 saturated carbocycles. The van der Waals surface area contributed by atoms with Gasteiger partial charge in [-0.3, -0.25) is 4.79 Å². The largest absolute Gasteiger partial charge is 0.340 e. The van der Waals surface area contributed by atoms with Crippen LogP contribution in [0.2, 0.25) is 0 Å². The molecule has 88 valence electrons. The molecule has 0 spiro atoms. The van der Waals surface area contributed by atoms with E-state index in [9.17, 15) is 4.79 Å². The minimum atomic E-state index is -0.0414.